The first-order valence-corrected chi connectivity index (χ1v) is 9.44. The average molecular weight is 338 g/mol. The van der Waals surface area contributed by atoms with E-state index in [1.807, 2.05) is 0 Å². The number of hydrogen-bond acceptors (Lipinski definition) is 6. The van der Waals surface area contributed by atoms with E-state index in [0.29, 0.717) is 32.8 Å². The molecule has 0 aromatic rings. The molecule has 0 N–H and O–H groups in total. The molecule has 0 aromatic heterocycles. The van der Waals surface area contributed by atoms with Gasteiger partial charge in [-0.25, -0.2) is 4.79 Å². The topological polar surface area (TPSA) is 63.2 Å². The summed E-state index contributed by atoms with van der Waals surface area (Å²) in [6.45, 7) is 2.83. The van der Waals surface area contributed by atoms with Crippen molar-refractivity contribution in [2.45, 2.75) is 73.8 Å². The van der Waals surface area contributed by atoms with Crippen LogP contribution in [-0.4, -0.2) is 61.4 Å². The van der Waals surface area contributed by atoms with Crippen molar-refractivity contribution in [3.63, 3.8) is 0 Å². The second kappa shape index (κ2) is 5.16. The van der Waals surface area contributed by atoms with Gasteiger partial charge in [-0.3, -0.25) is 0 Å². The molecule has 5 aliphatic rings. The summed E-state index contributed by atoms with van der Waals surface area (Å²) in [5, 5.41) is 0. The van der Waals surface area contributed by atoms with E-state index in [0.717, 1.165) is 44.9 Å². The zero-order chi connectivity index (χ0) is 16.3. The lowest BCUT2D eigenvalue weighted by Crippen LogP contribution is -2.75. The maximum atomic E-state index is 13.1. The highest BCUT2D eigenvalue weighted by Crippen LogP contribution is 2.62. The molecule has 6 heteroatoms. The molecular weight excluding hydrogens is 312 g/mol. The van der Waals surface area contributed by atoms with E-state index in [1.165, 1.54) is 0 Å². The number of esters is 1. The number of rotatable bonds is 0. The number of hydrogen-bond donors (Lipinski definition) is 0. The van der Waals surface area contributed by atoms with Crippen LogP contribution in [0.1, 0.15) is 51.4 Å². The van der Waals surface area contributed by atoms with Crippen LogP contribution in [0.25, 0.3) is 0 Å². The Morgan fingerprint density at radius 3 is 1.88 bits per heavy atom. The summed E-state index contributed by atoms with van der Waals surface area (Å²) in [5.41, 5.74) is -3.07. The molecule has 0 aromatic carbocycles. The van der Waals surface area contributed by atoms with E-state index in [9.17, 15) is 4.79 Å². The van der Waals surface area contributed by atoms with Gasteiger partial charge in [0.25, 0.3) is 0 Å². The lowest BCUT2D eigenvalue weighted by molar-refractivity contribution is -0.291. The van der Waals surface area contributed by atoms with Crippen LogP contribution in [0.2, 0.25) is 0 Å². The van der Waals surface area contributed by atoms with Crippen molar-refractivity contribution in [2.24, 2.45) is 0 Å². The molecule has 5 aliphatic heterocycles. The van der Waals surface area contributed by atoms with E-state index in [2.05, 4.69) is 0 Å². The third kappa shape index (κ3) is 1.59. The van der Waals surface area contributed by atoms with Crippen molar-refractivity contribution >= 4 is 5.97 Å². The van der Waals surface area contributed by atoms with E-state index in [4.69, 9.17) is 23.7 Å². The first-order chi connectivity index (χ1) is 11.7. The van der Waals surface area contributed by atoms with Crippen LogP contribution in [0, 0.1) is 0 Å². The summed E-state index contributed by atoms with van der Waals surface area (Å²) >= 11 is 0. The van der Waals surface area contributed by atoms with Crippen molar-refractivity contribution < 1.29 is 28.5 Å². The molecule has 4 atom stereocenters. The van der Waals surface area contributed by atoms with Crippen molar-refractivity contribution in [3.8, 4) is 0 Å². The molecule has 0 radical (unpaired) electrons. The normalized spacial score (nSPS) is 51.2. The van der Waals surface area contributed by atoms with Crippen molar-refractivity contribution in [2.75, 3.05) is 33.0 Å². The first-order valence-electron chi connectivity index (χ1n) is 9.44. The SMILES string of the molecule is O=C1OC[C@]2(CCCO2)[C@]2(CCCO2)[C@]2(CCCO2)[C@]12CCCO2. The highest BCUT2D eigenvalue weighted by Gasteiger charge is 2.80. The molecular formula is C18H26O6. The third-order valence-electron chi connectivity index (χ3n) is 6.98. The molecule has 5 fully saturated rings. The molecule has 5 saturated heterocycles. The van der Waals surface area contributed by atoms with Crippen LogP contribution < -0.4 is 0 Å². The molecule has 5 rings (SSSR count). The molecule has 24 heavy (non-hydrogen) atoms. The highest BCUT2D eigenvalue weighted by atomic mass is 16.7. The van der Waals surface area contributed by atoms with Crippen LogP contribution in [0.4, 0.5) is 0 Å². The standard InChI is InChI=1S/C18H26O6/c19-14-16(6-2-10-22-16)18(8-4-12-24-18)17(7-3-11-23-17)15(13-20-14)5-1-9-21-15/h1-13H2/t15-,16+,17-,18+/m1/s1. The lowest BCUT2D eigenvalue weighted by atomic mass is 9.60. The first kappa shape index (κ1) is 15.6. The van der Waals surface area contributed by atoms with Crippen LogP contribution >= 0.6 is 0 Å². The number of cyclic esters (lactones) is 1. The number of ether oxygens (including phenoxy) is 5. The number of fused-ring (bicyclic) bond motifs is 3. The smallest absolute Gasteiger partial charge is 0.341 e. The summed E-state index contributed by atoms with van der Waals surface area (Å²) in [6, 6.07) is 0. The van der Waals surface area contributed by atoms with Crippen molar-refractivity contribution in [1.82, 2.24) is 0 Å². The van der Waals surface area contributed by atoms with Gasteiger partial charge in [0, 0.05) is 26.4 Å². The summed E-state index contributed by atoms with van der Waals surface area (Å²) in [5.74, 6) is -0.274. The van der Waals surface area contributed by atoms with Crippen LogP contribution in [0.5, 0.6) is 0 Å². The third-order valence-corrected chi connectivity index (χ3v) is 6.98. The van der Waals surface area contributed by atoms with Gasteiger partial charge in [0.1, 0.15) is 23.4 Å². The Morgan fingerprint density at radius 1 is 0.667 bits per heavy atom. The molecule has 0 bridgehead atoms. The minimum Gasteiger partial charge on any atom is -0.460 e. The fraction of sp³-hybridized carbons (Fsp3) is 0.944. The number of carbonyl (C=O) groups is 1. The fourth-order valence-corrected chi connectivity index (χ4v) is 6.12. The van der Waals surface area contributed by atoms with Gasteiger partial charge in [0.15, 0.2) is 5.60 Å². The Labute approximate surface area is 142 Å². The molecule has 134 valence electrons. The van der Waals surface area contributed by atoms with E-state index in [1.54, 1.807) is 0 Å². The second-order valence-corrected chi connectivity index (χ2v) is 7.86. The van der Waals surface area contributed by atoms with E-state index < -0.39 is 22.4 Å². The molecule has 0 unspecified atom stereocenters. The summed E-state index contributed by atoms with van der Waals surface area (Å²) in [7, 11) is 0. The molecule has 5 heterocycles. The Balaban J connectivity index is 1.74. The molecule has 0 saturated carbocycles. The van der Waals surface area contributed by atoms with Gasteiger partial charge in [-0.2, -0.15) is 0 Å². The molecule has 6 nitrogen and oxygen atoms in total. The fourth-order valence-electron chi connectivity index (χ4n) is 6.12. The zero-order valence-corrected chi connectivity index (χ0v) is 14.1. The van der Waals surface area contributed by atoms with Crippen LogP contribution in [0.3, 0.4) is 0 Å². The Morgan fingerprint density at radius 2 is 1.29 bits per heavy atom. The van der Waals surface area contributed by atoms with Gasteiger partial charge in [-0.05, 0) is 51.4 Å². The van der Waals surface area contributed by atoms with Crippen LogP contribution in [0.15, 0.2) is 0 Å². The molecule has 0 amide bonds. The quantitative estimate of drug-likeness (QED) is 0.627. The predicted octanol–water partition coefficient (Wildman–Crippen LogP) is 1.74. The highest BCUT2D eigenvalue weighted by molar-refractivity contribution is 5.83. The van der Waals surface area contributed by atoms with Gasteiger partial charge in [0.2, 0.25) is 0 Å². The van der Waals surface area contributed by atoms with Crippen LogP contribution in [-0.2, 0) is 28.5 Å². The van der Waals surface area contributed by atoms with Gasteiger partial charge in [0.05, 0.1) is 0 Å². The van der Waals surface area contributed by atoms with Gasteiger partial charge < -0.3 is 23.7 Å². The molecule has 0 aliphatic carbocycles. The lowest BCUT2D eigenvalue weighted by Gasteiger charge is -2.55. The minimum atomic E-state index is -1.04. The zero-order valence-electron chi connectivity index (χ0n) is 14.1. The molecule has 4 spiro atoms. The number of carbonyl (C=O) groups excluding carboxylic acids is 1. The maximum Gasteiger partial charge on any atom is 0.341 e. The Hall–Kier alpha value is -0.690. The Bertz CT molecular complexity index is 520. The van der Waals surface area contributed by atoms with Crippen molar-refractivity contribution in [3.05, 3.63) is 0 Å². The monoisotopic (exact) mass is 338 g/mol. The summed E-state index contributed by atoms with van der Waals surface area (Å²) < 4.78 is 31.2. The second-order valence-electron chi connectivity index (χ2n) is 7.86. The van der Waals surface area contributed by atoms with E-state index >= 15 is 0 Å². The minimum absolute atomic E-state index is 0.252. The van der Waals surface area contributed by atoms with E-state index in [-0.39, 0.29) is 12.6 Å². The summed E-state index contributed by atoms with van der Waals surface area (Å²) in [4.78, 5) is 13.1. The summed E-state index contributed by atoms with van der Waals surface area (Å²) in [6.07, 6.45) is 6.80. The maximum absolute atomic E-state index is 13.1. The average Bonchev–Trinajstić information content (AvgIpc) is 3.39. The van der Waals surface area contributed by atoms with Gasteiger partial charge in [-0.1, -0.05) is 0 Å². The predicted molar refractivity (Wildman–Crippen MR) is 82.6 cm³/mol. The van der Waals surface area contributed by atoms with Crippen molar-refractivity contribution in [1.29, 1.82) is 0 Å². The van der Waals surface area contributed by atoms with Gasteiger partial charge in [-0.15, -0.1) is 0 Å². The largest absolute Gasteiger partial charge is 0.460 e. The van der Waals surface area contributed by atoms with Gasteiger partial charge >= 0.3 is 5.97 Å². The Kier molecular flexibility index (Phi) is 3.34.